The third-order valence-corrected chi connectivity index (χ3v) is 3.90. The minimum Gasteiger partial charge on any atom is -0.325 e. The van der Waals surface area contributed by atoms with Gasteiger partial charge in [-0.3, -0.25) is 4.79 Å². The summed E-state index contributed by atoms with van der Waals surface area (Å²) < 4.78 is 1.55. The van der Waals surface area contributed by atoms with Crippen molar-refractivity contribution >= 4 is 22.9 Å². The van der Waals surface area contributed by atoms with E-state index in [4.69, 9.17) is 0 Å². The highest BCUT2D eigenvalue weighted by molar-refractivity contribution is 7.10. The Morgan fingerprint density at radius 2 is 2.29 bits per heavy atom. The van der Waals surface area contributed by atoms with Crippen LogP contribution in [0.5, 0.6) is 0 Å². The lowest BCUT2D eigenvalue weighted by molar-refractivity contribution is -0.115. The molecule has 0 saturated heterocycles. The highest BCUT2D eigenvalue weighted by Gasteiger charge is 2.08. The van der Waals surface area contributed by atoms with Crippen molar-refractivity contribution in [3.63, 3.8) is 0 Å². The molecular weight excluding hydrogens is 286 g/mol. The number of thiophene rings is 1. The molecule has 0 atom stereocenters. The van der Waals surface area contributed by atoms with Crippen molar-refractivity contribution in [1.29, 1.82) is 0 Å². The Balaban J connectivity index is 1.78. The maximum atomic E-state index is 12.1. The average molecular weight is 299 g/mol. The van der Waals surface area contributed by atoms with Gasteiger partial charge in [-0.1, -0.05) is 12.1 Å². The number of aryl methyl sites for hydroxylation is 1. The molecule has 0 spiro atoms. The molecule has 0 aliphatic rings. The van der Waals surface area contributed by atoms with Crippen LogP contribution in [0.3, 0.4) is 0 Å². The minimum atomic E-state index is -0.0329. The second kappa shape index (κ2) is 5.84. The normalized spacial score (nSPS) is 10.5. The van der Waals surface area contributed by atoms with Crippen LogP contribution in [-0.2, 0) is 11.2 Å². The summed E-state index contributed by atoms with van der Waals surface area (Å²) in [7, 11) is 0. The van der Waals surface area contributed by atoms with Crippen LogP contribution in [0.15, 0.2) is 42.0 Å². The van der Waals surface area contributed by atoms with Crippen molar-refractivity contribution in [2.75, 3.05) is 5.32 Å². The van der Waals surface area contributed by atoms with E-state index in [1.54, 1.807) is 16.0 Å². The van der Waals surface area contributed by atoms with E-state index in [0.29, 0.717) is 6.42 Å². The first-order valence-corrected chi connectivity index (χ1v) is 7.26. The standard InChI is InChI=1S/C14H13N5OS/c1-10-4-5-11(19-9-15-17-18-19)7-13(10)16-14(20)8-12-3-2-6-21-12/h2-7,9H,8H2,1H3,(H,16,20). The topological polar surface area (TPSA) is 72.7 Å². The lowest BCUT2D eigenvalue weighted by Crippen LogP contribution is -2.14. The number of amides is 1. The number of nitrogens with zero attached hydrogens (tertiary/aromatic N) is 4. The molecule has 3 rings (SSSR count). The van der Waals surface area contributed by atoms with E-state index in [1.165, 1.54) is 6.33 Å². The van der Waals surface area contributed by atoms with E-state index in [2.05, 4.69) is 20.8 Å². The number of aromatic nitrogens is 4. The van der Waals surface area contributed by atoms with E-state index in [0.717, 1.165) is 21.8 Å². The fraction of sp³-hybridized carbons (Fsp3) is 0.143. The molecule has 3 aromatic rings. The molecule has 0 aliphatic carbocycles. The fourth-order valence-electron chi connectivity index (χ4n) is 1.93. The number of hydrogen-bond acceptors (Lipinski definition) is 5. The molecule has 2 aromatic heterocycles. The van der Waals surface area contributed by atoms with E-state index >= 15 is 0 Å². The quantitative estimate of drug-likeness (QED) is 0.801. The average Bonchev–Trinajstić information content (AvgIpc) is 3.14. The third-order valence-electron chi connectivity index (χ3n) is 3.02. The van der Waals surface area contributed by atoms with Crippen LogP contribution in [0.4, 0.5) is 5.69 Å². The van der Waals surface area contributed by atoms with Crippen molar-refractivity contribution < 1.29 is 4.79 Å². The Hall–Kier alpha value is -2.54. The molecule has 7 heteroatoms. The van der Waals surface area contributed by atoms with Crippen molar-refractivity contribution in [2.45, 2.75) is 13.3 Å². The van der Waals surface area contributed by atoms with Crippen LogP contribution in [0.25, 0.3) is 5.69 Å². The lowest BCUT2D eigenvalue weighted by atomic mass is 10.1. The number of hydrogen-bond donors (Lipinski definition) is 1. The van der Waals surface area contributed by atoms with Crippen molar-refractivity contribution in [1.82, 2.24) is 20.2 Å². The van der Waals surface area contributed by atoms with Crippen LogP contribution in [0.2, 0.25) is 0 Å². The van der Waals surface area contributed by atoms with Gasteiger partial charge in [0.05, 0.1) is 12.1 Å². The Morgan fingerprint density at radius 1 is 1.38 bits per heavy atom. The van der Waals surface area contributed by atoms with Crippen LogP contribution < -0.4 is 5.32 Å². The maximum Gasteiger partial charge on any atom is 0.229 e. The molecule has 1 aromatic carbocycles. The molecular formula is C14H13N5OS. The molecule has 0 aliphatic heterocycles. The van der Waals surface area contributed by atoms with Gasteiger partial charge in [0.15, 0.2) is 0 Å². The monoisotopic (exact) mass is 299 g/mol. The highest BCUT2D eigenvalue weighted by Crippen LogP contribution is 2.19. The van der Waals surface area contributed by atoms with Gasteiger partial charge in [0.2, 0.25) is 5.91 Å². The number of benzene rings is 1. The number of rotatable bonds is 4. The van der Waals surface area contributed by atoms with Gasteiger partial charge in [-0.2, -0.15) is 0 Å². The molecule has 0 fully saturated rings. The van der Waals surface area contributed by atoms with E-state index in [1.807, 2.05) is 42.6 Å². The van der Waals surface area contributed by atoms with Gasteiger partial charge in [0.25, 0.3) is 0 Å². The van der Waals surface area contributed by atoms with Crippen LogP contribution in [0.1, 0.15) is 10.4 Å². The summed E-state index contributed by atoms with van der Waals surface area (Å²) in [5, 5.41) is 16.0. The summed E-state index contributed by atoms with van der Waals surface area (Å²) in [5.41, 5.74) is 2.56. The zero-order chi connectivity index (χ0) is 14.7. The number of nitrogens with one attached hydrogen (secondary N) is 1. The predicted molar refractivity (Wildman–Crippen MR) is 80.5 cm³/mol. The summed E-state index contributed by atoms with van der Waals surface area (Å²) >= 11 is 1.58. The first kappa shape index (κ1) is 13.4. The minimum absolute atomic E-state index is 0.0329. The lowest BCUT2D eigenvalue weighted by Gasteiger charge is -2.10. The Labute approximate surface area is 125 Å². The maximum absolute atomic E-state index is 12.1. The summed E-state index contributed by atoms with van der Waals surface area (Å²) in [5.74, 6) is -0.0329. The second-order valence-electron chi connectivity index (χ2n) is 4.56. The van der Waals surface area contributed by atoms with Gasteiger partial charge in [0.1, 0.15) is 6.33 Å². The summed E-state index contributed by atoms with van der Waals surface area (Å²) in [6.07, 6.45) is 1.90. The SMILES string of the molecule is Cc1ccc(-n2cnnn2)cc1NC(=O)Cc1cccs1. The molecule has 1 amide bonds. The molecule has 0 bridgehead atoms. The molecule has 106 valence electrons. The molecule has 0 unspecified atom stereocenters. The summed E-state index contributed by atoms with van der Waals surface area (Å²) in [4.78, 5) is 13.1. The van der Waals surface area contributed by atoms with Crippen LogP contribution >= 0.6 is 11.3 Å². The first-order valence-electron chi connectivity index (χ1n) is 6.38. The number of anilines is 1. The Kier molecular flexibility index (Phi) is 3.74. The van der Waals surface area contributed by atoms with Crippen LogP contribution in [-0.4, -0.2) is 26.1 Å². The smallest absolute Gasteiger partial charge is 0.229 e. The fourth-order valence-corrected chi connectivity index (χ4v) is 2.64. The largest absolute Gasteiger partial charge is 0.325 e. The predicted octanol–water partition coefficient (Wildman–Crippen LogP) is 2.21. The summed E-state index contributed by atoms with van der Waals surface area (Å²) in [6.45, 7) is 1.95. The van der Waals surface area contributed by atoms with Crippen LogP contribution in [0, 0.1) is 6.92 Å². The van der Waals surface area contributed by atoms with Crippen molar-refractivity contribution in [3.8, 4) is 5.69 Å². The molecule has 21 heavy (non-hydrogen) atoms. The molecule has 0 saturated carbocycles. The van der Waals surface area contributed by atoms with Gasteiger partial charge < -0.3 is 5.32 Å². The van der Waals surface area contributed by atoms with E-state index in [9.17, 15) is 4.79 Å². The molecule has 6 nitrogen and oxygen atoms in total. The third kappa shape index (κ3) is 3.14. The number of tetrazole rings is 1. The van der Waals surface area contributed by atoms with Gasteiger partial charge in [-0.15, -0.1) is 16.4 Å². The van der Waals surface area contributed by atoms with Gasteiger partial charge in [-0.05, 0) is 46.5 Å². The molecule has 2 heterocycles. The Morgan fingerprint density at radius 3 is 3.00 bits per heavy atom. The van der Waals surface area contributed by atoms with Crippen molar-refractivity contribution in [3.05, 3.63) is 52.5 Å². The second-order valence-corrected chi connectivity index (χ2v) is 5.59. The summed E-state index contributed by atoms with van der Waals surface area (Å²) in [6, 6.07) is 9.59. The Bertz CT molecular complexity index is 737. The van der Waals surface area contributed by atoms with Gasteiger partial charge in [-0.25, -0.2) is 4.68 Å². The van der Waals surface area contributed by atoms with Crippen molar-refractivity contribution in [2.24, 2.45) is 0 Å². The zero-order valence-electron chi connectivity index (χ0n) is 11.4. The molecule has 1 N–H and O–H groups in total. The zero-order valence-corrected chi connectivity index (χ0v) is 12.2. The first-order chi connectivity index (χ1) is 10.2. The van der Waals surface area contributed by atoms with E-state index in [-0.39, 0.29) is 5.91 Å². The molecule has 0 radical (unpaired) electrons. The van der Waals surface area contributed by atoms with Gasteiger partial charge >= 0.3 is 0 Å². The van der Waals surface area contributed by atoms with E-state index < -0.39 is 0 Å². The number of carbonyl (C=O) groups excluding carboxylic acids is 1. The number of carbonyl (C=O) groups is 1. The highest BCUT2D eigenvalue weighted by atomic mass is 32.1. The van der Waals surface area contributed by atoms with Gasteiger partial charge in [0, 0.05) is 10.6 Å².